The smallest absolute Gasteiger partial charge is 0.161 e. The molecule has 3 nitrogen and oxygen atoms in total. The molecule has 2 aliphatic rings. The lowest BCUT2D eigenvalue weighted by Crippen LogP contribution is -2.28. The summed E-state index contributed by atoms with van der Waals surface area (Å²) in [6, 6.07) is 7.13. The lowest BCUT2D eigenvalue weighted by atomic mass is 9.88. The Hall–Kier alpha value is -1.22. The summed E-state index contributed by atoms with van der Waals surface area (Å²) in [6.45, 7) is 3.87. The van der Waals surface area contributed by atoms with Crippen molar-refractivity contribution < 1.29 is 9.47 Å². The molecular weight excluding hydrogens is 238 g/mol. The van der Waals surface area contributed by atoms with Gasteiger partial charge in [0.1, 0.15) is 0 Å². The molecule has 1 aromatic carbocycles. The monoisotopic (exact) mass is 261 g/mol. The molecule has 0 amide bonds. The zero-order chi connectivity index (χ0) is 13.2. The fourth-order valence-electron chi connectivity index (χ4n) is 3.45. The van der Waals surface area contributed by atoms with Crippen LogP contribution in [0.3, 0.4) is 0 Å². The van der Waals surface area contributed by atoms with E-state index >= 15 is 0 Å². The highest BCUT2D eigenvalue weighted by Crippen LogP contribution is 2.42. The third-order valence-electron chi connectivity index (χ3n) is 4.63. The molecule has 0 spiro atoms. The molecule has 3 unspecified atom stereocenters. The van der Waals surface area contributed by atoms with Gasteiger partial charge >= 0.3 is 0 Å². The molecule has 19 heavy (non-hydrogen) atoms. The topological polar surface area (TPSA) is 30.5 Å². The second kappa shape index (κ2) is 5.41. The first-order chi connectivity index (χ1) is 9.29. The number of fused-ring (bicyclic) bond motifs is 1. The quantitative estimate of drug-likeness (QED) is 0.888. The normalized spacial score (nSPS) is 30.1. The molecular formula is C16H23NO2. The molecule has 3 atom stereocenters. The van der Waals surface area contributed by atoms with Gasteiger partial charge in [0.05, 0.1) is 13.2 Å². The van der Waals surface area contributed by atoms with E-state index in [1.54, 1.807) is 0 Å². The lowest BCUT2D eigenvalue weighted by Gasteiger charge is -2.21. The Labute approximate surface area is 115 Å². The van der Waals surface area contributed by atoms with Crippen molar-refractivity contribution in [2.75, 3.05) is 20.3 Å². The number of nitrogens with one attached hydrogen (secondary N) is 1. The van der Waals surface area contributed by atoms with Gasteiger partial charge in [-0.3, -0.25) is 0 Å². The van der Waals surface area contributed by atoms with Crippen molar-refractivity contribution in [2.24, 2.45) is 5.92 Å². The van der Waals surface area contributed by atoms with Gasteiger partial charge < -0.3 is 14.8 Å². The molecule has 1 aliphatic heterocycles. The highest BCUT2D eigenvalue weighted by atomic mass is 16.5. The standard InChI is InChI=1S/C16H23NO2/c1-11-13(5-6-14(11)17-2)12-4-7-15-16(10-12)19-9-3-8-18-15/h4,7,10-11,13-14,17H,3,5-6,8-9H2,1-2H3. The summed E-state index contributed by atoms with van der Waals surface area (Å²) in [5.41, 5.74) is 1.40. The first-order valence-electron chi connectivity index (χ1n) is 7.36. The second-order valence-corrected chi connectivity index (χ2v) is 5.69. The minimum atomic E-state index is 0.634. The zero-order valence-corrected chi connectivity index (χ0v) is 11.8. The Morgan fingerprint density at radius 2 is 1.89 bits per heavy atom. The van der Waals surface area contributed by atoms with Crippen molar-refractivity contribution in [3.63, 3.8) is 0 Å². The van der Waals surface area contributed by atoms with Gasteiger partial charge in [-0.1, -0.05) is 13.0 Å². The van der Waals surface area contributed by atoms with Crippen LogP contribution in [0.15, 0.2) is 18.2 Å². The first-order valence-corrected chi connectivity index (χ1v) is 7.36. The minimum absolute atomic E-state index is 0.634. The van der Waals surface area contributed by atoms with E-state index in [0.717, 1.165) is 31.1 Å². The number of benzene rings is 1. The first kappa shape index (κ1) is 12.8. The van der Waals surface area contributed by atoms with Crippen molar-refractivity contribution in [2.45, 2.75) is 38.1 Å². The molecule has 1 heterocycles. The van der Waals surface area contributed by atoms with Gasteiger partial charge in [-0.05, 0) is 49.4 Å². The van der Waals surface area contributed by atoms with E-state index in [-0.39, 0.29) is 0 Å². The summed E-state index contributed by atoms with van der Waals surface area (Å²) in [4.78, 5) is 0. The molecule has 104 valence electrons. The van der Waals surface area contributed by atoms with E-state index in [9.17, 15) is 0 Å². The lowest BCUT2D eigenvalue weighted by molar-refractivity contribution is 0.297. The van der Waals surface area contributed by atoms with Crippen LogP contribution < -0.4 is 14.8 Å². The Morgan fingerprint density at radius 3 is 2.63 bits per heavy atom. The summed E-state index contributed by atoms with van der Waals surface area (Å²) in [7, 11) is 2.07. The molecule has 1 N–H and O–H groups in total. The van der Waals surface area contributed by atoms with Crippen molar-refractivity contribution in [3.8, 4) is 11.5 Å². The van der Waals surface area contributed by atoms with Gasteiger partial charge in [-0.25, -0.2) is 0 Å². The average molecular weight is 261 g/mol. The second-order valence-electron chi connectivity index (χ2n) is 5.69. The van der Waals surface area contributed by atoms with E-state index in [2.05, 4.69) is 37.5 Å². The van der Waals surface area contributed by atoms with E-state index in [1.165, 1.54) is 18.4 Å². The van der Waals surface area contributed by atoms with Gasteiger partial charge in [0, 0.05) is 12.5 Å². The number of ether oxygens (including phenoxy) is 2. The summed E-state index contributed by atoms with van der Waals surface area (Å²) in [5, 5.41) is 3.43. The van der Waals surface area contributed by atoms with Crippen LogP contribution in [-0.2, 0) is 0 Å². The van der Waals surface area contributed by atoms with E-state index in [1.807, 2.05) is 0 Å². The maximum Gasteiger partial charge on any atom is 0.161 e. The largest absolute Gasteiger partial charge is 0.490 e. The molecule has 0 aromatic heterocycles. The SMILES string of the molecule is CNC1CCC(c2ccc3c(c2)OCCCO3)C1C. The zero-order valence-electron chi connectivity index (χ0n) is 11.8. The van der Waals surface area contributed by atoms with Gasteiger partial charge in [0.15, 0.2) is 11.5 Å². The van der Waals surface area contributed by atoms with Gasteiger partial charge in [-0.2, -0.15) is 0 Å². The molecule has 1 aliphatic carbocycles. The van der Waals surface area contributed by atoms with Crippen molar-refractivity contribution in [1.29, 1.82) is 0 Å². The van der Waals surface area contributed by atoms with Crippen LogP contribution in [0.1, 0.15) is 37.7 Å². The molecule has 3 rings (SSSR count). The number of hydrogen-bond donors (Lipinski definition) is 1. The number of rotatable bonds is 2. The summed E-state index contributed by atoms with van der Waals surface area (Å²) >= 11 is 0. The fourth-order valence-corrected chi connectivity index (χ4v) is 3.45. The molecule has 3 heteroatoms. The van der Waals surface area contributed by atoms with E-state index in [0.29, 0.717) is 17.9 Å². The van der Waals surface area contributed by atoms with Crippen LogP contribution in [0, 0.1) is 5.92 Å². The van der Waals surface area contributed by atoms with Gasteiger partial charge in [-0.15, -0.1) is 0 Å². The Balaban J connectivity index is 1.84. The predicted molar refractivity (Wildman–Crippen MR) is 76.0 cm³/mol. The predicted octanol–water partition coefficient (Wildman–Crippen LogP) is 2.95. The van der Waals surface area contributed by atoms with Crippen LogP contribution in [0.4, 0.5) is 0 Å². The highest BCUT2D eigenvalue weighted by molar-refractivity contribution is 5.44. The van der Waals surface area contributed by atoms with Crippen molar-refractivity contribution in [1.82, 2.24) is 5.32 Å². The van der Waals surface area contributed by atoms with Crippen LogP contribution in [-0.4, -0.2) is 26.3 Å². The molecule has 0 radical (unpaired) electrons. The van der Waals surface area contributed by atoms with E-state index in [4.69, 9.17) is 9.47 Å². The Kier molecular flexibility index (Phi) is 3.65. The Bertz CT molecular complexity index is 446. The maximum absolute atomic E-state index is 5.80. The Morgan fingerprint density at radius 1 is 1.11 bits per heavy atom. The highest BCUT2D eigenvalue weighted by Gasteiger charge is 2.33. The third-order valence-corrected chi connectivity index (χ3v) is 4.63. The van der Waals surface area contributed by atoms with Gasteiger partial charge in [0.25, 0.3) is 0 Å². The van der Waals surface area contributed by atoms with Gasteiger partial charge in [0.2, 0.25) is 0 Å². The number of hydrogen-bond acceptors (Lipinski definition) is 3. The van der Waals surface area contributed by atoms with Crippen LogP contribution in [0.25, 0.3) is 0 Å². The molecule has 0 bridgehead atoms. The molecule has 1 saturated carbocycles. The van der Waals surface area contributed by atoms with Crippen molar-refractivity contribution in [3.05, 3.63) is 23.8 Å². The van der Waals surface area contributed by atoms with Crippen LogP contribution in [0.2, 0.25) is 0 Å². The molecule has 1 aromatic rings. The van der Waals surface area contributed by atoms with Crippen LogP contribution in [0.5, 0.6) is 11.5 Å². The van der Waals surface area contributed by atoms with Crippen molar-refractivity contribution >= 4 is 0 Å². The molecule has 1 fully saturated rings. The summed E-state index contributed by atoms with van der Waals surface area (Å²) in [6.07, 6.45) is 3.48. The summed E-state index contributed by atoms with van der Waals surface area (Å²) in [5.74, 6) is 3.14. The maximum atomic E-state index is 5.80. The third kappa shape index (κ3) is 2.44. The van der Waals surface area contributed by atoms with E-state index < -0.39 is 0 Å². The minimum Gasteiger partial charge on any atom is -0.490 e. The summed E-state index contributed by atoms with van der Waals surface area (Å²) < 4.78 is 11.5. The molecule has 0 saturated heterocycles. The average Bonchev–Trinajstić information content (AvgIpc) is 2.66. The fraction of sp³-hybridized carbons (Fsp3) is 0.625. The van der Waals surface area contributed by atoms with Crippen LogP contribution >= 0.6 is 0 Å².